The van der Waals surface area contributed by atoms with Crippen molar-refractivity contribution in [3.63, 3.8) is 0 Å². The van der Waals surface area contributed by atoms with Crippen molar-refractivity contribution in [1.29, 1.82) is 5.26 Å². The standard InChI is InChI=1S/C13H19N5/c1-3-18-8-6-12(7-9-18)17(2)13-5-4-11(10-14)15-16-13/h4-5,12H,3,6-9H2,1-2H3. The Morgan fingerprint density at radius 1 is 1.39 bits per heavy atom. The van der Waals surface area contributed by atoms with E-state index >= 15 is 0 Å². The molecule has 0 aliphatic carbocycles. The van der Waals surface area contributed by atoms with Crippen molar-refractivity contribution in [2.75, 3.05) is 31.6 Å². The lowest BCUT2D eigenvalue weighted by molar-refractivity contribution is 0.220. The Hall–Kier alpha value is -1.67. The summed E-state index contributed by atoms with van der Waals surface area (Å²) in [5.74, 6) is 0.851. The fraction of sp³-hybridized carbons (Fsp3) is 0.615. The van der Waals surface area contributed by atoms with E-state index in [-0.39, 0.29) is 0 Å². The monoisotopic (exact) mass is 245 g/mol. The molecule has 2 heterocycles. The fourth-order valence-corrected chi connectivity index (χ4v) is 2.38. The summed E-state index contributed by atoms with van der Waals surface area (Å²) in [5, 5.41) is 16.7. The van der Waals surface area contributed by atoms with Crippen LogP contribution in [-0.2, 0) is 0 Å². The second kappa shape index (κ2) is 5.78. The summed E-state index contributed by atoms with van der Waals surface area (Å²) >= 11 is 0. The predicted octanol–water partition coefficient (Wildman–Crippen LogP) is 1.27. The first-order valence-electron chi connectivity index (χ1n) is 6.43. The molecular weight excluding hydrogens is 226 g/mol. The summed E-state index contributed by atoms with van der Waals surface area (Å²) in [6.07, 6.45) is 2.32. The van der Waals surface area contributed by atoms with Crippen molar-refractivity contribution in [3.05, 3.63) is 17.8 Å². The number of aromatic nitrogens is 2. The number of anilines is 1. The summed E-state index contributed by atoms with van der Waals surface area (Å²) < 4.78 is 0. The minimum Gasteiger partial charge on any atom is -0.355 e. The van der Waals surface area contributed by atoms with Crippen LogP contribution in [0.5, 0.6) is 0 Å². The number of nitrogens with zero attached hydrogens (tertiary/aromatic N) is 5. The van der Waals surface area contributed by atoms with Gasteiger partial charge in [0.25, 0.3) is 0 Å². The van der Waals surface area contributed by atoms with Crippen LogP contribution in [0, 0.1) is 11.3 Å². The zero-order valence-electron chi connectivity index (χ0n) is 11.0. The number of likely N-dealkylation sites (tertiary alicyclic amines) is 1. The highest BCUT2D eigenvalue weighted by Gasteiger charge is 2.22. The summed E-state index contributed by atoms with van der Waals surface area (Å²) in [6, 6.07) is 6.11. The first-order valence-corrected chi connectivity index (χ1v) is 6.43. The van der Waals surface area contributed by atoms with Gasteiger partial charge in [0.1, 0.15) is 6.07 Å². The first kappa shape index (κ1) is 12.8. The predicted molar refractivity (Wildman–Crippen MR) is 70.3 cm³/mol. The second-order valence-corrected chi connectivity index (χ2v) is 4.66. The first-order chi connectivity index (χ1) is 8.74. The molecule has 0 saturated carbocycles. The molecule has 0 bridgehead atoms. The third-order valence-electron chi connectivity index (χ3n) is 3.68. The minimum absolute atomic E-state index is 0.368. The molecule has 1 aromatic rings. The number of hydrogen-bond acceptors (Lipinski definition) is 5. The Morgan fingerprint density at radius 2 is 2.11 bits per heavy atom. The maximum absolute atomic E-state index is 8.70. The highest BCUT2D eigenvalue weighted by molar-refractivity contribution is 5.39. The van der Waals surface area contributed by atoms with Gasteiger partial charge < -0.3 is 9.80 Å². The van der Waals surface area contributed by atoms with E-state index in [1.54, 1.807) is 6.07 Å². The van der Waals surface area contributed by atoms with Crippen molar-refractivity contribution in [1.82, 2.24) is 15.1 Å². The quantitative estimate of drug-likeness (QED) is 0.802. The lowest BCUT2D eigenvalue weighted by Gasteiger charge is -2.36. The molecule has 0 unspecified atom stereocenters. The topological polar surface area (TPSA) is 56.0 Å². The van der Waals surface area contributed by atoms with Crippen molar-refractivity contribution < 1.29 is 0 Å². The Balaban J connectivity index is 1.98. The fourth-order valence-electron chi connectivity index (χ4n) is 2.38. The van der Waals surface area contributed by atoms with Gasteiger partial charge >= 0.3 is 0 Å². The van der Waals surface area contributed by atoms with E-state index < -0.39 is 0 Å². The van der Waals surface area contributed by atoms with Crippen LogP contribution in [0.3, 0.4) is 0 Å². The largest absolute Gasteiger partial charge is 0.355 e. The van der Waals surface area contributed by atoms with Gasteiger partial charge in [-0.2, -0.15) is 5.26 Å². The van der Waals surface area contributed by atoms with E-state index in [0.717, 1.165) is 38.3 Å². The van der Waals surface area contributed by atoms with Crippen LogP contribution in [-0.4, -0.2) is 47.8 Å². The van der Waals surface area contributed by atoms with Gasteiger partial charge in [0.2, 0.25) is 0 Å². The summed E-state index contributed by atoms with van der Waals surface area (Å²) in [6.45, 7) is 5.63. The molecule has 1 saturated heterocycles. The lowest BCUT2D eigenvalue weighted by Crippen LogP contribution is -2.43. The van der Waals surface area contributed by atoms with Crippen LogP contribution in [0.15, 0.2) is 12.1 Å². The lowest BCUT2D eigenvalue weighted by atomic mass is 10.0. The summed E-state index contributed by atoms with van der Waals surface area (Å²) in [4.78, 5) is 4.65. The number of rotatable bonds is 3. The molecule has 0 amide bonds. The third-order valence-corrected chi connectivity index (χ3v) is 3.68. The molecule has 0 radical (unpaired) electrons. The molecular formula is C13H19N5. The zero-order valence-corrected chi connectivity index (χ0v) is 11.0. The van der Waals surface area contributed by atoms with E-state index in [1.165, 1.54) is 0 Å². The Kier molecular flexibility index (Phi) is 4.11. The van der Waals surface area contributed by atoms with Crippen molar-refractivity contribution in [2.45, 2.75) is 25.8 Å². The summed E-state index contributed by atoms with van der Waals surface area (Å²) in [5.41, 5.74) is 0.368. The maximum Gasteiger partial charge on any atom is 0.163 e. The van der Waals surface area contributed by atoms with Crippen molar-refractivity contribution >= 4 is 5.82 Å². The molecule has 1 aliphatic heterocycles. The van der Waals surface area contributed by atoms with Crippen molar-refractivity contribution in [2.24, 2.45) is 0 Å². The van der Waals surface area contributed by atoms with Gasteiger partial charge in [-0.05, 0) is 31.5 Å². The van der Waals surface area contributed by atoms with Gasteiger partial charge in [-0.15, -0.1) is 10.2 Å². The van der Waals surface area contributed by atoms with Gasteiger partial charge in [-0.25, -0.2) is 0 Å². The number of hydrogen-bond donors (Lipinski definition) is 0. The van der Waals surface area contributed by atoms with Gasteiger partial charge in [0, 0.05) is 26.2 Å². The minimum atomic E-state index is 0.368. The Labute approximate surface area is 108 Å². The average Bonchev–Trinajstić information content (AvgIpc) is 2.47. The Morgan fingerprint density at radius 3 is 2.61 bits per heavy atom. The third kappa shape index (κ3) is 2.77. The number of nitriles is 1. The van der Waals surface area contributed by atoms with E-state index in [4.69, 9.17) is 5.26 Å². The van der Waals surface area contributed by atoms with E-state index in [0.29, 0.717) is 11.7 Å². The van der Waals surface area contributed by atoms with Gasteiger partial charge in [0.15, 0.2) is 11.5 Å². The molecule has 1 aromatic heterocycles. The molecule has 5 heteroatoms. The molecule has 0 atom stereocenters. The van der Waals surface area contributed by atoms with Crippen LogP contribution < -0.4 is 4.90 Å². The molecule has 5 nitrogen and oxygen atoms in total. The molecule has 0 spiro atoms. The Bertz CT molecular complexity index is 414. The average molecular weight is 245 g/mol. The molecule has 2 rings (SSSR count). The SMILES string of the molecule is CCN1CCC(N(C)c2ccc(C#N)nn2)CC1. The van der Waals surface area contributed by atoms with Crippen molar-refractivity contribution in [3.8, 4) is 6.07 Å². The number of piperidine rings is 1. The van der Waals surface area contributed by atoms with Crippen LogP contribution in [0.25, 0.3) is 0 Å². The van der Waals surface area contributed by atoms with Crippen LogP contribution in [0.4, 0.5) is 5.82 Å². The summed E-state index contributed by atoms with van der Waals surface area (Å²) in [7, 11) is 2.06. The van der Waals surface area contributed by atoms with Gasteiger partial charge in [-0.3, -0.25) is 0 Å². The van der Waals surface area contributed by atoms with Crippen LogP contribution >= 0.6 is 0 Å². The highest BCUT2D eigenvalue weighted by Crippen LogP contribution is 2.19. The van der Waals surface area contributed by atoms with E-state index in [1.807, 2.05) is 12.1 Å². The molecule has 1 aliphatic rings. The zero-order chi connectivity index (χ0) is 13.0. The van der Waals surface area contributed by atoms with Gasteiger partial charge in [0.05, 0.1) is 0 Å². The molecule has 96 valence electrons. The maximum atomic E-state index is 8.70. The van der Waals surface area contributed by atoms with Crippen LogP contribution in [0.1, 0.15) is 25.5 Å². The molecule has 0 N–H and O–H groups in total. The smallest absolute Gasteiger partial charge is 0.163 e. The van der Waals surface area contributed by atoms with Gasteiger partial charge in [-0.1, -0.05) is 6.92 Å². The normalized spacial score (nSPS) is 17.4. The highest BCUT2D eigenvalue weighted by atomic mass is 15.3. The van der Waals surface area contributed by atoms with E-state index in [9.17, 15) is 0 Å². The van der Waals surface area contributed by atoms with Crippen LogP contribution in [0.2, 0.25) is 0 Å². The second-order valence-electron chi connectivity index (χ2n) is 4.66. The molecule has 1 fully saturated rings. The molecule has 18 heavy (non-hydrogen) atoms. The molecule has 0 aromatic carbocycles. The van der Waals surface area contributed by atoms with E-state index in [2.05, 4.69) is 34.0 Å².